The largest absolute Gasteiger partial charge is 0.489 e. The quantitative estimate of drug-likeness (QED) is 0.607. The molecule has 0 saturated carbocycles. The van der Waals surface area contributed by atoms with Crippen LogP contribution in [0.1, 0.15) is 62.3 Å². The number of hydrogen-bond acceptors (Lipinski definition) is 6. The van der Waals surface area contributed by atoms with Gasteiger partial charge in [0.2, 0.25) is 0 Å². The summed E-state index contributed by atoms with van der Waals surface area (Å²) in [6, 6.07) is 7.34. The van der Waals surface area contributed by atoms with Crippen LogP contribution >= 0.6 is 0 Å². The lowest BCUT2D eigenvalue weighted by molar-refractivity contribution is 0.0468. The second-order valence-electron chi connectivity index (χ2n) is 6.73. The molecule has 0 aliphatic carbocycles. The molecule has 0 radical (unpaired) electrons. The van der Waals surface area contributed by atoms with Crippen molar-refractivity contribution < 1.29 is 28.5 Å². The number of carbonyl (C=O) groups excluding carboxylic acids is 2. The number of carbonyl (C=O) groups is 2. The summed E-state index contributed by atoms with van der Waals surface area (Å²) in [4.78, 5) is 25.8. The third kappa shape index (κ3) is 4.55. The first-order valence-electron chi connectivity index (χ1n) is 9.57. The Labute approximate surface area is 165 Å². The summed E-state index contributed by atoms with van der Waals surface area (Å²) < 4.78 is 22.5. The van der Waals surface area contributed by atoms with Gasteiger partial charge in [-0.15, -0.1) is 0 Å². The van der Waals surface area contributed by atoms with Crippen LogP contribution in [0.15, 0.2) is 24.3 Å². The first kappa shape index (κ1) is 21.5. The fraction of sp³-hybridized carbons (Fsp3) is 0.455. The van der Waals surface area contributed by atoms with Crippen molar-refractivity contribution >= 4 is 22.7 Å². The van der Waals surface area contributed by atoms with Gasteiger partial charge >= 0.3 is 11.9 Å². The van der Waals surface area contributed by atoms with Gasteiger partial charge in [0.1, 0.15) is 22.6 Å². The number of hydrogen-bond donors (Lipinski definition) is 0. The van der Waals surface area contributed by atoms with Gasteiger partial charge in [-0.2, -0.15) is 0 Å². The SMILES string of the molecule is CCOC(=O)c1c(C(=O)OCC)c(OC(C)C)c2ccccc2c1OC(C)C. The highest BCUT2D eigenvalue weighted by Gasteiger charge is 2.32. The Morgan fingerprint density at radius 3 is 1.39 bits per heavy atom. The van der Waals surface area contributed by atoms with E-state index in [1.54, 1.807) is 13.8 Å². The van der Waals surface area contributed by atoms with Gasteiger partial charge in [0.15, 0.2) is 0 Å². The number of fused-ring (bicyclic) bond motifs is 1. The van der Waals surface area contributed by atoms with E-state index in [1.807, 2.05) is 52.0 Å². The molecule has 0 atom stereocenters. The van der Waals surface area contributed by atoms with Crippen LogP contribution in [0.3, 0.4) is 0 Å². The van der Waals surface area contributed by atoms with E-state index in [0.29, 0.717) is 22.3 Å². The summed E-state index contributed by atoms with van der Waals surface area (Å²) >= 11 is 0. The predicted molar refractivity (Wildman–Crippen MR) is 107 cm³/mol. The Morgan fingerprint density at radius 1 is 0.750 bits per heavy atom. The van der Waals surface area contributed by atoms with Crippen LogP contribution in [-0.4, -0.2) is 37.4 Å². The Balaban J connectivity index is 2.99. The molecule has 2 aromatic carbocycles. The van der Waals surface area contributed by atoms with E-state index in [4.69, 9.17) is 18.9 Å². The molecule has 0 saturated heterocycles. The minimum absolute atomic E-state index is 0.0309. The molecule has 0 amide bonds. The van der Waals surface area contributed by atoms with Gasteiger partial charge in [-0.1, -0.05) is 24.3 Å². The molecule has 0 heterocycles. The van der Waals surface area contributed by atoms with Crippen LogP contribution in [0.4, 0.5) is 0 Å². The summed E-state index contributed by atoms with van der Waals surface area (Å²) in [5.74, 6) is -0.715. The average Bonchev–Trinajstić information content (AvgIpc) is 2.62. The van der Waals surface area contributed by atoms with Crippen molar-refractivity contribution in [1.82, 2.24) is 0 Å². The van der Waals surface area contributed by atoms with Crippen LogP contribution in [0, 0.1) is 0 Å². The van der Waals surface area contributed by atoms with Gasteiger partial charge in [0.25, 0.3) is 0 Å². The number of ether oxygens (including phenoxy) is 4. The number of rotatable bonds is 8. The van der Waals surface area contributed by atoms with Gasteiger partial charge in [-0.25, -0.2) is 9.59 Å². The van der Waals surface area contributed by atoms with E-state index < -0.39 is 11.9 Å². The molecule has 0 spiro atoms. The van der Waals surface area contributed by atoms with Crippen molar-refractivity contribution in [3.05, 3.63) is 35.4 Å². The molecule has 28 heavy (non-hydrogen) atoms. The second kappa shape index (κ2) is 9.44. The van der Waals surface area contributed by atoms with E-state index in [9.17, 15) is 9.59 Å². The lowest BCUT2D eigenvalue weighted by atomic mass is 9.97. The van der Waals surface area contributed by atoms with Gasteiger partial charge in [0.05, 0.1) is 25.4 Å². The molecule has 152 valence electrons. The number of benzene rings is 2. The van der Waals surface area contributed by atoms with E-state index in [-0.39, 0.29) is 36.5 Å². The fourth-order valence-corrected chi connectivity index (χ4v) is 2.89. The molecule has 0 aromatic heterocycles. The van der Waals surface area contributed by atoms with Crippen molar-refractivity contribution in [2.75, 3.05) is 13.2 Å². The number of esters is 2. The molecule has 6 nitrogen and oxygen atoms in total. The molecule has 6 heteroatoms. The first-order chi connectivity index (χ1) is 13.3. The zero-order valence-corrected chi connectivity index (χ0v) is 17.3. The molecule has 2 aromatic rings. The van der Waals surface area contributed by atoms with Crippen molar-refractivity contribution in [3.8, 4) is 11.5 Å². The first-order valence-corrected chi connectivity index (χ1v) is 9.57. The van der Waals surface area contributed by atoms with E-state index in [0.717, 1.165) is 0 Å². The molecule has 0 bridgehead atoms. The van der Waals surface area contributed by atoms with Crippen molar-refractivity contribution in [2.24, 2.45) is 0 Å². The Morgan fingerprint density at radius 2 is 1.11 bits per heavy atom. The summed E-state index contributed by atoms with van der Waals surface area (Å²) in [5.41, 5.74) is 0.0618. The minimum Gasteiger partial charge on any atom is -0.489 e. The Bertz CT molecular complexity index is 783. The predicted octanol–water partition coefficient (Wildman–Crippen LogP) is 4.77. The maximum Gasteiger partial charge on any atom is 0.342 e. The highest BCUT2D eigenvalue weighted by molar-refractivity contribution is 6.14. The van der Waals surface area contributed by atoms with Crippen LogP contribution < -0.4 is 9.47 Å². The maximum atomic E-state index is 12.9. The van der Waals surface area contributed by atoms with Gasteiger partial charge in [-0.05, 0) is 41.5 Å². The van der Waals surface area contributed by atoms with Gasteiger partial charge in [-0.3, -0.25) is 0 Å². The molecule has 0 aliphatic rings. The van der Waals surface area contributed by atoms with Crippen LogP contribution in [0.2, 0.25) is 0 Å². The van der Waals surface area contributed by atoms with Gasteiger partial charge in [0, 0.05) is 10.8 Å². The summed E-state index contributed by atoms with van der Waals surface area (Å²) in [7, 11) is 0. The van der Waals surface area contributed by atoms with Gasteiger partial charge < -0.3 is 18.9 Å². The van der Waals surface area contributed by atoms with Crippen LogP contribution in [-0.2, 0) is 9.47 Å². The van der Waals surface area contributed by atoms with Crippen molar-refractivity contribution in [1.29, 1.82) is 0 Å². The normalized spacial score (nSPS) is 11.0. The molecule has 2 rings (SSSR count). The highest BCUT2D eigenvalue weighted by Crippen LogP contribution is 2.42. The molecule has 0 fully saturated rings. The van der Waals surface area contributed by atoms with Crippen LogP contribution in [0.5, 0.6) is 11.5 Å². The molecule has 0 unspecified atom stereocenters. The third-order valence-corrected chi connectivity index (χ3v) is 3.79. The topological polar surface area (TPSA) is 71.1 Å². The third-order valence-electron chi connectivity index (χ3n) is 3.79. The standard InChI is InChI=1S/C22H28O6/c1-7-25-21(23)17-18(22(24)26-8-2)20(28-14(5)6)16-12-10-9-11-15(16)19(17)27-13(3)4/h9-14H,7-8H2,1-6H3. The van der Waals surface area contributed by atoms with Crippen molar-refractivity contribution in [2.45, 2.75) is 53.8 Å². The van der Waals surface area contributed by atoms with E-state index in [2.05, 4.69) is 0 Å². The maximum absolute atomic E-state index is 12.9. The monoisotopic (exact) mass is 388 g/mol. The summed E-state index contributed by atoms with van der Waals surface area (Å²) in [6.45, 7) is 11.1. The second-order valence-corrected chi connectivity index (χ2v) is 6.73. The molecule has 0 N–H and O–H groups in total. The smallest absolute Gasteiger partial charge is 0.342 e. The Hall–Kier alpha value is -2.76. The Kier molecular flexibility index (Phi) is 7.26. The summed E-state index contributed by atoms with van der Waals surface area (Å²) in [6.07, 6.45) is -0.438. The molecular weight excluding hydrogens is 360 g/mol. The molecule has 0 aliphatic heterocycles. The minimum atomic E-state index is -0.652. The highest BCUT2D eigenvalue weighted by atomic mass is 16.5. The molecular formula is C22H28O6. The lowest BCUT2D eigenvalue weighted by Gasteiger charge is -2.23. The zero-order valence-electron chi connectivity index (χ0n) is 17.3. The van der Waals surface area contributed by atoms with E-state index in [1.165, 1.54) is 0 Å². The lowest BCUT2D eigenvalue weighted by Crippen LogP contribution is -2.21. The van der Waals surface area contributed by atoms with Crippen LogP contribution in [0.25, 0.3) is 10.8 Å². The van der Waals surface area contributed by atoms with E-state index >= 15 is 0 Å². The van der Waals surface area contributed by atoms with Crippen molar-refractivity contribution in [3.63, 3.8) is 0 Å². The fourth-order valence-electron chi connectivity index (χ4n) is 2.89. The average molecular weight is 388 g/mol. The zero-order chi connectivity index (χ0) is 20.8. The summed E-state index contributed by atoms with van der Waals surface area (Å²) in [5, 5.41) is 1.34.